The van der Waals surface area contributed by atoms with Crippen molar-refractivity contribution in [2.24, 2.45) is 0 Å². The van der Waals surface area contributed by atoms with Crippen LogP contribution in [0.1, 0.15) is 28.3 Å². The molecule has 1 fully saturated rings. The number of ether oxygens (including phenoxy) is 2. The van der Waals surface area contributed by atoms with E-state index in [4.69, 9.17) is 9.47 Å². The van der Waals surface area contributed by atoms with Crippen molar-refractivity contribution in [2.45, 2.75) is 19.9 Å². The Kier molecular flexibility index (Phi) is 6.11. The van der Waals surface area contributed by atoms with E-state index < -0.39 is 23.5 Å². The van der Waals surface area contributed by atoms with Crippen molar-refractivity contribution < 1.29 is 28.6 Å². The number of aliphatic hydroxyl groups is 1. The molecular formula is C27H24FNO5. The molecule has 0 spiro atoms. The van der Waals surface area contributed by atoms with Crippen LogP contribution in [0.25, 0.3) is 5.76 Å². The van der Waals surface area contributed by atoms with Crippen LogP contribution in [0, 0.1) is 19.7 Å². The van der Waals surface area contributed by atoms with Crippen LogP contribution in [-0.4, -0.2) is 31.0 Å². The van der Waals surface area contributed by atoms with Gasteiger partial charge in [-0.15, -0.1) is 0 Å². The fourth-order valence-corrected chi connectivity index (χ4v) is 4.21. The first kappa shape index (κ1) is 23.0. The van der Waals surface area contributed by atoms with Crippen LogP contribution in [0.15, 0.2) is 66.2 Å². The first-order chi connectivity index (χ1) is 16.3. The van der Waals surface area contributed by atoms with Gasteiger partial charge in [0.25, 0.3) is 11.7 Å². The Morgan fingerprint density at radius 2 is 1.56 bits per heavy atom. The number of aryl methyl sites for hydroxylation is 2. The molecule has 1 saturated heterocycles. The van der Waals surface area contributed by atoms with Gasteiger partial charge < -0.3 is 14.6 Å². The number of ketones is 1. The number of hydrogen-bond donors (Lipinski definition) is 1. The van der Waals surface area contributed by atoms with Crippen LogP contribution in [0.3, 0.4) is 0 Å². The summed E-state index contributed by atoms with van der Waals surface area (Å²) < 4.78 is 24.2. The summed E-state index contributed by atoms with van der Waals surface area (Å²) in [7, 11) is 3.09. The van der Waals surface area contributed by atoms with Crippen molar-refractivity contribution >= 4 is 23.1 Å². The lowest BCUT2D eigenvalue weighted by molar-refractivity contribution is -0.132. The van der Waals surface area contributed by atoms with E-state index >= 15 is 0 Å². The van der Waals surface area contributed by atoms with Crippen molar-refractivity contribution in [3.63, 3.8) is 0 Å². The smallest absolute Gasteiger partial charge is 0.300 e. The van der Waals surface area contributed by atoms with Crippen molar-refractivity contribution in [1.82, 2.24) is 0 Å². The standard InChI is InChI=1S/C27H24FNO5/c1-15-14-22(34-4)16(2)13-21(15)25(30)23-24(17-5-11-20(33-3)12-6-17)29(27(32)26(23)31)19-9-7-18(28)8-10-19/h5-14,24,30H,1-4H3/b25-23+. The van der Waals surface area contributed by atoms with Gasteiger partial charge in [-0.25, -0.2) is 4.39 Å². The fourth-order valence-electron chi connectivity index (χ4n) is 4.21. The van der Waals surface area contributed by atoms with Gasteiger partial charge in [0.1, 0.15) is 23.1 Å². The summed E-state index contributed by atoms with van der Waals surface area (Å²) in [5.41, 5.74) is 2.76. The Morgan fingerprint density at radius 1 is 0.912 bits per heavy atom. The number of Topliss-reactive ketones (excluding diaryl/α,β-unsaturated/α-hetero) is 1. The van der Waals surface area contributed by atoms with E-state index in [0.29, 0.717) is 33.9 Å². The molecule has 7 heteroatoms. The van der Waals surface area contributed by atoms with Crippen LogP contribution in [0.4, 0.5) is 10.1 Å². The van der Waals surface area contributed by atoms with Gasteiger partial charge in [-0.05, 0) is 79.1 Å². The first-order valence-corrected chi connectivity index (χ1v) is 10.6. The molecule has 0 bridgehead atoms. The Labute approximate surface area is 196 Å². The molecule has 3 aromatic carbocycles. The minimum Gasteiger partial charge on any atom is -0.507 e. The molecule has 0 aromatic heterocycles. The highest BCUT2D eigenvalue weighted by Gasteiger charge is 2.47. The van der Waals surface area contributed by atoms with E-state index in [1.165, 1.54) is 36.3 Å². The summed E-state index contributed by atoms with van der Waals surface area (Å²) in [6.45, 7) is 3.61. The number of nitrogens with zero attached hydrogens (tertiary/aromatic N) is 1. The Morgan fingerprint density at radius 3 is 2.15 bits per heavy atom. The second-order valence-corrected chi connectivity index (χ2v) is 8.06. The lowest BCUT2D eigenvalue weighted by Gasteiger charge is -2.25. The number of carbonyl (C=O) groups excluding carboxylic acids is 2. The van der Waals surface area contributed by atoms with E-state index in [1.807, 2.05) is 6.92 Å². The molecule has 0 saturated carbocycles. The molecular weight excluding hydrogens is 437 g/mol. The number of aliphatic hydroxyl groups excluding tert-OH is 1. The van der Waals surface area contributed by atoms with Crippen molar-refractivity contribution in [3.05, 3.63) is 94.3 Å². The van der Waals surface area contributed by atoms with Crippen LogP contribution in [-0.2, 0) is 9.59 Å². The number of halogens is 1. The summed E-state index contributed by atoms with van der Waals surface area (Å²) in [6.07, 6.45) is 0. The minimum absolute atomic E-state index is 0.0489. The predicted molar refractivity (Wildman–Crippen MR) is 127 cm³/mol. The Balaban J connectivity index is 1.95. The first-order valence-electron chi connectivity index (χ1n) is 10.6. The fraction of sp³-hybridized carbons (Fsp3) is 0.185. The predicted octanol–water partition coefficient (Wildman–Crippen LogP) is 5.09. The van der Waals surface area contributed by atoms with E-state index in [9.17, 15) is 19.1 Å². The number of hydrogen-bond acceptors (Lipinski definition) is 5. The molecule has 6 nitrogen and oxygen atoms in total. The molecule has 174 valence electrons. The third-order valence-corrected chi connectivity index (χ3v) is 5.98. The Bertz CT molecular complexity index is 1300. The summed E-state index contributed by atoms with van der Waals surface area (Å²) >= 11 is 0. The molecule has 1 atom stereocenters. The van der Waals surface area contributed by atoms with Crippen molar-refractivity contribution in [1.29, 1.82) is 0 Å². The molecule has 3 aromatic rings. The zero-order valence-electron chi connectivity index (χ0n) is 19.3. The van der Waals surface area contributed by atoms with Gasteiger partial charge in [0.2, 0.25) is 0 Å². The van der Waals surface area contributed by atoms with Crippen LogP contribution < -0.4 is 14.4 Å². The monoisotopic (exact) mass is 461 g/mol. The number of anilines is 1. The quantitative estimate of drug-likeness (QED) is 0.326. The van der Waals surface area contributed by atoms with Gasteiger partial charge in [0, 0.05) is 11.3 Å². The molecule has 34 heavy (non-hydrogen) atoms. The van der Waals surface area contributed by atoms with E-state index in [1.54, 1.807) is 50.4 Å². The average molecular weight is 461 g/mol. The summed E-state index contributed by atoms with van der Waals surface area (Å²) in [4.78, 5) is 27.7. The SMILES string of the molecule is COc1ccc(C2/C(=C(\O)c3cc(C)c(OC)cc3C)C(=O)C(=O)N2c2ccc(F)cc2)cc1. The lowest BCUT2D eigenvalue weighted by atomic mass is 9.93. The molecule has 1 heterocycles. The second-order valence-electron chi connectivity index (χ2n) is 8.06. The summed E-state index contributed by atoms with van der Waals surface area (Å²) in [5, 5.41) is 11.4. The van der Waals surface area contributed by atoms with E-state index in [-0.39, 0.29) is 11.3 Å². The van der Waals surface area contributed by atoms with Crippen molar-refractivity contribution in [2.75, 3.05) is 19.1 Å². The van der Waals surface area contributed by atoms with Crippen LogP contribution >= 0.6 is 0 Å². The lowest BCUT2D eigenvalue weighted by Crippen LogP contribution is -2.29. The molecule has 1 amide bonds. The molecule has 4 rings (SSSR count). The van der Waals surface area contributed by atoms with Gasteiger partial charge in [-0.1, -0.05) is 12.1 Å². The zero-order chi connectivity index (χ0) is 24.6. The maximum absolute atomic E-state index is 13.6. The molecule has 0 aliphatic carbocycles. The average Bonchev–Trinajstić information content (AvgIpc) is 3.10. The summed E-state index contributed by atoms with van der Waals surface area (Å²) in [6, 6.07) is 14.7. The third-order valence-electron chi connectivity index (χ3n) is 5.98. The van der Waals surface area contributed by atoms with Gasteiger partial charge >= 0.3 is 0 Å². The molecule has 0 radical (unpaired) electrons. The van der Waals surface area contributed by atoms with E-state index in [0.717, 1.165) is 5.56 Å². The highest BCUT2D eigenvalue weighted by Crippen LogP contribution is 2.43. The van der Waals surface area contributed by atoms with Gasteiger partial charge in [0.15, 0.2) is 0 Å². The minimum atomic E-state index is -0.918. The summed E-state index contributed by atoms with van der Waals surface area (Å²) in [5.74, 6) is -1.14. The highest BCUT2D eigenvalue weighted by atomic mass is 19.1. The van der Waals surface area contributed by atoms with E-state index in [2.05, 4.69) is 0 Å². The Hall–Kier alpha value is -4.13. The molecule has 1 unspecified atom stereocenters. The number of amides is 1. The maximum Gasteiger partial charge on any atom is 0.300 e. The van der Waals surface area contributed by atoms with Crippen LogP contribution in [0.2, 0.25) is 0 Å². The molecule has 1 N–H and O–H groups in total. The number of methoxy groups -OCH3 is 2. The number of benzene rings is 3. The third kappa shape index (κ3) is 3.90. The van der Waals surface area contributed by atoms with Crippen molar-refractivity contribution in [3.8, 4) is 11.5 Å². The highest BCUT2D eigenvalue weighted by molar-refractivity contribution is 6.51. The molecule has 1 aliphatic rings. The second kappa shape index (κ2) is 9.02. The van der Waals surface area contributed by atoms with Gasteiger partial charge in [0.05, 0.1) is 25.8 Å². The molecule has 1 aliphatic heterocycles. The number of rotatable bonds is 5. The maximum atomic E-state index is 13.6. The normalized spacial score (nSPS) is 17.2. The topological polar surface area (TPSA) is 76.1 Å². The number of carbonyl (C=O) groups is 2. The van der Waals surface area contributed by atoms with Crippen LogP contribution in [0.5, 0.6) is 11.5 Å². The van der Waals surface area contributed by atoms with Gasteiger partial charge in [-0.3, -0.25) is 14.5 Å². The largest absolute Gasteiger partial charge is 0.507 e. The van der Waals surface area contributed by atoms with Gasteiger partial charge in [-0.2, -0.15) is 0 Å². The zero-order valence-corrected chi connectivity index (χ0v) is 19.3.